The first-order valence-electron chi connectivity index (χ1n) is 14.8. The quantitative estimate of drug-likeness (QED) is 0.236. The minimum Gasteiger partial charge on any atom is -0.461 e. The Kier molecular flexibility index (Phi) is 9.35. The van der Waals surface area contributed by atoms with Crippen LogP contribution in [0.2, 0.25) is 0 Å². The summed E-state index contributed by atoms with van der Waals surface area (Å²) in [4.78, 5) is 64.0. The first kappa shape index (κ1) is 33.6. The highest BCUT2D eigenvalue weighted by Crippen LogP contribution is 2.62. The third kappa shape index (κ3) is 5.89. The van der Waals surface area contributed by atoms with Crippen molar-refractivity contribution in [3.8, 4) is 0 Å². The minimum atomic E-state index is -2.26. The first-order chi connectivity index (χ1) is 20.5. The number of fused-ring (bicyclic) bond motifs is 3. The molecule has 0 bridgehead atoms. The number of epoxide rings is 1. The van der Waals surface area contributed by atoms with E-state index in [1.165, 1.54) is 39.0 Å². The summed E-state index contributed by atoms with van der Waals surface area (Å²) >= 11 is 0. The lowest BCUT2D eigenvalue weighted by Crippen LogP contribution is -2.71. The summed E-state index contributed by atoms with van der Waals surface area (Å²) in [6, 6.07) is 0. The summed E-state index contributed by atoms with van der Waals surface area (Å²) in [7, 11) is 0. The number of ether oxygens (including phenoxy) is 6. The molecule has 1 saturated carbocycles. The molecular formula is C31H42O13. The minimum absolute atomic E-state index is 0.0200. The monoisotopic (exact) mass is 622 g/mol. The fourth-order valence-corrected chi connectivity index (χ4v) is 7.09. The lowest BCUT2D eigenvalue weighted by molar-refractivity contribution is -0.252. The predicted molar refractivity (Wildman–Crippen MR) is 149 cm³/mol. The van der Waals surface area contributed by atoms with E-state index in [-0.39, 0.29) is 30.9 Å². The molecule has 2 heterocycles. The van der Waals surface area contributed by atoms with Crippen LogP contribution >= 0.6 is 0 Å². The van der Waals surface area contributed by atoms with Crippen molar-refractivity contribution in [2.45, 2.75) is 103 Å². The SMILES string of the molecule is CC(=O)O[C@H]1/C=C\C(CO)=C/[C@@H]2OC(=O)[C@H](C)[C@@]2(O)[C@@H](OC(C)=O)[C@H]2[C@@]3(CO3)[C@H](OC(C)=O)C[C@H](OC(=O)CC(C)C)[C@]12C. The Hall–Kier alpha value is -3.29. The molecule has 1 spiro atoms. The average Bonchev–Trinajstić information content (AvgIpc) is 3.66. The van der Waals surface area contributed by atoms with E-state index in [0.717, 1.165) is 6.92 Å². The Morgan fingerprint density at radius 1 is 1.02 bits per heavy atom. The molecular weight excluding hydrogens is 580 g/mol. The maximum atomic E-state index is 13.2. The van der Waals surface area contributed by atoms with E-state index in [2.05, 4.69) is 0 Å². The first-order valence-corrected chi connectivity index (χ1v) is 14.8. The summed E-state index contributed by atoms with van der Waals surface area (Å²) in [6.07, 6.45) is -2.17. The van der Waals surface area contributed by atoms with Crippen LogP contribution in [0.3, 0.4) is 0 Å². The second kappa shape index (κ2) is 12.2. The van der Waals surface area contributed by atoms with Gasteiger partial charge in [-0.25, -0.2) is 0 Å². The van der Waals surface area contributed by atoms with Crippen LogP contribution in [-0.2, 0) is 52.4 Å². The highest BCUT2D eigenvalue weighted by atomic mass is 16.6. The molecule has 0 amide bonds. The van der Waals surface area contributed by atoms with Crippen LogP contribution in [0.5, 0.6) is 0 Å². The molecule has 13 heteroatoms. The Bertz CT molecular complexity index is 1250. The number of hydrogen-bond acceptors (Lipinski definition) is 13. The van der Waals surface area contributed by atoms with E-state index in [0.29, 0.717) is 0 Å². The second-order valence-electron chi connectivity index (χ2n) is 12.8. The molecule has 0 aromatic carbocycles. The third-order valence-corrected chi connectivity index (χ3v) is 9.23. The fourth-order valence-electron chi connectivity index (χ4n) is 7.09. The van der Waals surface area contributed by atoms with Gasteiger partial charge < -0.3 is 38.6 Å². The van der Waals surface area contributed by atoms with Gasteiger partial charge in [-0.05, 0) is 30.6 Å². The maximum absolute atomic E-state index is 13.2. The van der Waals surface area contributed by atoms with Gasteiger partial charge in [-0.1, -0.05) is 26.8 Å². The van der Waals surface area contributed by atoms with Gasteiger partial charge >= 0.3 is 29.8 Å². The number of aliphatic hydroxyl groups excluding tert-OH is 1. The van der Waals surface area contributed by atoms with Crippen LogP contribution in [0, 0.1) is 23.2 Å². The van der Waals surface area contributed by atoms with E-state index in [9.17, 15) is 34.2 Å². The van der Waals surface area contributed by atoms with Gasteiger partial charge in [0.15, 0.2) is 11.7 Å². The van der Waals surface area contributed by atoms with Crippen molar-refractivity contribution in [3.05, 3.63) is 23.8 Å². The molecule has 2 aliphatic heterocycles. The zero-order valence-electron chi connectivity index (χ0n) is 26.1. The lowest BCUT2D eigenvalue weighted by Gasteiger charge is -2.57. The van der Waals surface area contributed by atoms with Gasteiger partial charge in [-0.3, -0.25) is 24.0 Å². The molecule has 0 aromatic heterocycles. The zero-order valence-corrected chi connectivity index (χ0v) is 26.1. The van der Waals surface area contributed by atoms with Crippen molar-refractivity contribution in [2.24, 2.45) is 23.2 Å². The normalized spacial score (nSPS) is 41.3. The summed E-state index contributed by atoms with van der Waals surface area (Å²) in [6.45, 7) is 9.70. The van der Waals surface area contributed by atoms with Gasteiger partial charge in [0.1, 0.15) is 30.0 Å². The molecule has 4 rings (SSSR count). The van der Waals surface area contributed by atoms with E-state index in [1.807, 2.05) is 13.8 Å². The van der Waals surface area contributed by atoms with Crippen molar-refractivity contribution in [1.29, 1.82) is 0 Å². The van der Waals surface area contributed by atoms with Crippen LogP contribution in [0.4, 0.5) is 0 Å². The van der Waals surface area contributed by atoms with Gasteiger partial charge in [0.05, 0.1) is 24.5 Å². The molecule has 44 heavy (non-hydrogen) atoms. The van der Waals surface area contributed by atoms with Crippen molar-refractivity contribution < 1.29 is 62.6 Å². The summed E-state index contributed by atoms with van der Waals surface area (Å²) in [5.41, 5.74) is -5.01. The van der Waals surface area contributed by atoms with Crippen LogP contribution in [0.1, 0.15) is 61.3 Å². The van der Waals surface area contributed by atoms with E-state index >= 15 is 0 Å². The smallest absolute Gasteiger partial charge is 0.312 e. The summed E-state index contributed by atoms with van der Waals surface area (Å²) < 4.78 is 35.2. The Morgan fingerprint density at radius 2 is 1.64 bits per heavy atom. The highest BCUT2D eigenvalue weighted by Gasteiger charge is 2.78. The molecule has 2 N–H and O–H groups in total. The molecule has 2 saturated heterocycles. The second-order valence-corrected chi connectivity index (χ2v) is 12.8. The molecule has 10 atom stereocenters. The van der Waals surface area contributed by atoms with Gasteiger partial charge in [-0.2, -0.15) is 0 Å². The number of carbonyl (C=O) groups excluding carboxylic acids is 5. The molecule has 3 fully saturated rings. The van der Waals surface area contributed by atoms with Crippen LogP contribution in [0.15, 0.2) is 23.8 Å². The lowest BCUT2D eigenvalue weighted by atomic mass is 9.52. The Labute approximate surface area is 255 Å². The van der Waals surface area contributed by atoms with E-state index in [1.54, 1.807) is 6.92 Å². The Balaban J connectivity index is 2.07. The third-order valence-electron chi connectivity index (χ3n) is 9.23. The molecule has 244 valence electrons. The van der Waals surface area contributed by atoms with Gasteiger partial charge in [0.25, 0.3) is 0 Å². The molecule has 2 aliphatic carbocycles. The standard InChI is InChI=1S/C31H42O13/c1-15(2)10-25(36)43-22-12-23(41-18(5)34)30(14-39-30)26-27(42-19(6)35)31(38)16(3)28(37)44-24(31)11-20(13-32)8-9-21(29(22,26)7)40-17(4)33/h8-9,11,15-16,21-24,26-27,32,38H,10,12-14H2,1-7H3/b9-8-,20-11+/t16-,21-,22-,23+,24-,26+,27-,29-,30+,31-/m0/s1. The predicted octanol–water partition coefficient (Wildman–Crippen LogP) is 1.32. The number of carbonyl (C=O) groups is 5. The number of rotatable bonds is 7. The highest BCUT2D eigenvalue weighted by molar-refractivity contribution is 5.78. The van der Waals surface area contributed by atoms with Gasteiger partial charge in [0.2, 0.25) is 0 Å². The van der Waals surface area contributed by atoms with E-state index < -0.39 is 95.4 Å². The van der Waals surface area contributed by atoms with Crippen molar-refractivity contribution in [2.75, 3.05) is 13.2 Å². The maximum Gasteiger partial charge on any atom is 0.312 e. The van der Waals surface area contributed by atoms with Crippen LogP contribution in [-0.4, -0.2) is 95.0 Å². The summed E-state index contributed by atoms with van der Waals surface area (Å²) in [5.74, 6) is -6.08. The zero-order chi connectivity index (χ0) is 32.8. The summed E-state index contributed by atoms with van der Waals surface area (Å²) in [5, 5.41) is 22.8. The topological polar surface area (TPSA) is 184 Å². The molecule has 0 unspecified atom stereocenters. The molecule has 13 nitrogen and oxygen atoms in total. The molecule has 0 aromatic rings. The largest absolute Gasteiger partial charge is 0.461 e. The van der Waals surface area contributed by atoms with Crippen LogP contribution < -0.4 is 0 Å². The molecule has 0 radical (unpaired) electrons. The van der Waals surface area contributed by atoms with Crippen molar-refractivity contribution >= 4 is 29.8 Å². The number of hydrogen-bond donors (Lipinski definition) is 2. The van der Waals surface area contributed by atoms with Gasteiger partial charge in [0, 0.05) is 39.5 Å². The fraction of sp³-hybridized carbons (Fsp3) is 0.710. The van der Waals surface area contributed by atoms with Crippen molar-refractivity contribution in [1.82, 2.24) is 0 Å². The van der Waals surface area contributed by atoms with Crippen molar-refractivity contribution in [3.63, 3.8) is 0 Å². The number of aliphatic hydroxyl groups is 2. The Morgan fingerprint density at radius 3 is 2.16 bits per heavy atom. The van der Waals surface area contributed by atoms with E-state index in [4.69, 9.17) is 28.4 Å². The molecule has 4 aliphatic rings. The number of esters is 5. The van der Waals surface area contributed by atoms with Gasteiger partial charge in [-0.15, -0.1) is 0 Å². The average molecular weight is 623 g/mol. The van der Waals surface area contributed by atoms with Crippen LogP contribution in [0.25, 0.3) is 0 Å².